The molecule has 0 atom stereocenters. The third kappa shape index (κ3) is 12.4. The maximum atomic E-state index is 14.8. The fourth-order valence-electron chi connectivity index (χ4n) is 5.27. The van der Waals surface area contributed by atoms with Crippen molar-refractivity contribution in [3.05, 3.63) is 82.0 Å². The first-order valence-corrected chi connectivity index (χ1v) is 19.8. The molecule has 8 rings (SSSR count). The van der Waals surface area contributed by atoms with Gasteiger partial charge in [0.25, 0.3) is 11.8 Å². The van der Waals surface area contributed by atoms with E-state index in [1.807, 2.05) is 0 Å². The van der Waals surface area contributed by atoms with Crippen LogP contribution in [0.4, 0.5) is 46.2 Å². The van der Waals surface area contributed by atoms with Crippen molar-refractivity contribution in [3.8, 4) is 22.9 Å². The molecule has 324 valence electrons. The van der Waals surface area contributed by atoms with Gasteiger partial charge in [0.2, 0.25) is 22.0 Å². The van der Waals surface area contributed by atoms with Crippen LogP contribution in [-0.2, 0) is 22.6 Å². The summed E-state index contributed by atoms with van der Waals surface area (Å²) >= 11 is 7.63. The fourth-order valence-corrected chi connectivity index (χ4v) is 6.43. The van der Waals surface area contributed by atoms with Crippen molar-refractivity contribution < 1.29 is 54.2 Å². The summed E-state index contributed by atoms with van der Waals surface area (Å²) in [6, 6.07) is 7.82. The number of morpholine rings is 2. The molecule has 2 aromatic carbocycles. The number of hydrogen-bond donors (Lipinski definition) is 1. The molecular formula is C34H31ClF6N12O6S2. The van der Waals surface area contributed by atoms with Gasteiger partial charge in [-0.15, -0.1) is 40.8 Å². The smallest absolute Gasteiger partial charge is 0.326 e. The van der Waals surface area contributed by atoms with Gasteiger partial charge in [-0.25, -0.2) is 13.6 Å². The van der Waals surface area contributed by atoms with E-state index in [-0.39, 0.29) is 53.0 Å². The zero-order chi connectivity index (χ0) is 43.3. The summed E-state index contributed by atoms with van der Waals surface area (Å²) in [7, 11) is 0. The third-order valence-corrected chi connectivity index (χ3v) is 9.93. The number of aromatic nitrogens is 8. The predicted molar refractivity (Wildman–Crippen MR) is 204 cm³/mol. The number of hydrogen-bond acceptors (Lipinski definition) is 17. The molecule has 0 unspecified atom stereocenters. The van der Waals surface area contributed by atoms with Crippen molar-refractivity contribution in [1.82, 2.24) is 50.6 Å². The first kappa shape index (κ1) is 44.7. The summed E-state index contributed by atoms with van der Waals surface area (Å²) in [5, 5.41) is 32.0. The van der Waals surface area contributed by atoms with E-state index in [1.165, 1.54) is 46.0 Å². The lowest BCUT2D eigenvalue weighted by molar-refractivity contribution is 0.0547. The van der Waals surface area contributed by atoms with Crippen molar-refractivity contribution >= 4 is 55.9 Å². The lowest BCUT2D eigenvalue weighted by Gasteiger charge is -2.31. The van der Waals surface area contributed by atoms with Crippen molar-refractivity contribution in [2.45, 2.75) is 25.9 Å². The lowest BCUT2D eigenvalue weighted by Crippen LogP contribution is -2.48. The van der Waals surface area contributed by atoms with Crippen molar-refractivity contribution in [3.63, 3.8) is 0 Å². The molecule has 2 fully saturated rings. The molecule has 0 aliphatic carbocycles. The number of ether oxygens (including phenoxy) is 2. The second-order valence-electron chi connectivity index (χ2n) is 12.2. The lowest BCUT2D eigenvalue weighted by atomic mass is 10.1. The Morgan fingerprint density at radius 1 is 0.721 bits per heavy atom. The van der Waals surface area contributed by atoms with Crippen LogP contribution in [0, 0.1) is 11.6 Å². The van der Waals surface area contributed by atoms with Crippen LogP contribution in [-0.4, -0.2) is 115 Å². The summed E-state index contributed by atoms with van der Waals surface area (Å²) in [5.74, 6) is -3.19. The molecule has 0 saturated carbocycles. The van der Waals surface area contributed by atoms with Crippen LogP contribution >= 0.6 is 34.3 Å². The molecule has 0 bridgehead atoms. The van der Waals surface area contributed by atoms with Gasteiger partial charge in [0, 0.05) is 55.0 Å². The summed E-state index contributed by atoms with van der Waals surface area (Å²) < 4.78 is 98.7. The Labute approximate surface area is 353 Å². The number of rotatable bonds is 10. The molecule has 2 aliphatic rings. The van der Waals surface area contributed by atoms with E-state index in [4.69, 9.17) is 29.9 Å². The number of alkyl halides is 4. The van der Waals surface area contributed by atoms with Crippen LogP contribution in [0.15, 0.2) is 56.3 Å². The van der Waals surface area contributed by atoms with E-state index in [0.29, 0.717) is 68.4 Å². The van der Waals surface area contributed by atoms with E-state index in [9.17, 15) is 35.9 Å². The van der Waals surface area contributed by atoms with Gasteiger partial charge in [-0.3, -0.25) is 9.69 Å². The topological polar surface area (TPSA) is 204 Å². The molecule has 18 nitrogen and oxygen atoms in total. The molecule has 0 spiro atoms. The first-order chi connectivity index (χ1) is 29.5. The van der Waals surface area contributed by atoms with Crippen molar-refractivity contribution in [2.24, 2.45) is 0 Å². The van der Waals surface area contributed by atoms with Gasteiger partial charge in [-0.2, -0.15) is 17.6 Å². The molecule has 4 aromatic heterocycles. The number of amides is 3. The van der Waals surface area contributed by atoms with Crippen molar-refractivity contribution in [2.75, 3.05) is 62.8 Å². The molecular weight excluding hydrogens is 886 g/mol. The van der Waals surface area contributed by atoms with Crippen LogP contribution in [0.3, 0.4) is 0 Å². The molecule has 27 heteroatoms. The van der Waals surface area contributed by atoms with Crippen LogP contribution < -0.4 is 10.2 Å². The minimum absolute atomic E-state index is 0.0936. The molecule has 6 heterocycles. The van der Waals surface area contributed by atoms with Gasteiger partial charge in [0.05, 0.1) is 33.0 Å². The second kappa shape index (κ2) is 21.6. The maximum Gasteiger partial charge on any atom is 0.326 e. The second-order valence-corrected chi connectivity index (χ2v) is 14.2. The number of urea groups is 1. The highest BCUT2D eigenvalue weighted by Gasteiger charge is 2.28. The number of benzene rings is 2. The zero-order valence-corrected chi connectivity index (χ0v) is 33.6. The van der Waals surface area contributed by atoms with Gasteiger partial charge >= 0.3 is 24.2 Å². The first-order valence-electron chi connectivity index (χ1n) is 17.7. The number of carbonyl (C=O) groups is 2. The number of carbonyl (C=O) groups excluding carboxylic acids is 2. The van der Waals surface area contributed by atoms with Gasteiger partial charge < -0.3 is 33.4 Å². The minimum Gasteiger partial charge on any atom is -0.415 e. The molecule has 61 heavy (non-hydrogen) atoms. The van der Waals surface area contributed by atoms with Crippen LogP contribution in [0.5, 0.6) is 0 Å². The molecule has 3 amide bonds. The van der Waals surface area contributed by atoms with Crippen LogP contribution in [0.1, 0.15) is 35.8 Å². The summed E-state index contributed by atoms with van der Waals surface area (Å²) in [5.41, 5.74) is 3.99. The Balaban J connectivity index is 0.000000175. The van der Waals surface area contributed by atoms with Gasteiger partial charge in [-0.05, 0) is 35.9 Å². The highest BCUT2D eigenvalue weighted by atomic mass is 35.5. The zero-order valence-electron chi connectivity index (χ0n) is 31.2. The highest BCUT2D eigenvalue weighted by Crippen LogP contribution is 2.28. The Bertz CT molecular complexity index is 2320. The molecule has 2 aliphatic heterocycles. The Hall–Kier alpha value is -5.83. The average Bonchev–Trinajstić information content (AvgIpc) is 4.13. The standard InChI is InChI=1S/C17H15F3N6O3S.C12H8F3N5OS.C5H8ClNO2/c18-12-7-10(14-22-23-15(29-14)13(19)20)1-2-11(12)8-26(16-24-21-9-30-16)17(27)25-3-5-28-6-4-25;13-8-3-6(10-18-19-11(21-10)9(14)15)1-2-7(8)4-16-12-20-17-5-22-12;6-5(8)7-1-3-9-4-2-7/h1-2,7,9,13H,3-6,8H2;1-3,5,9H,4H2,(H,16,20);1-4H2. The van der Waals surface area contributed by atoms with E-state index >= 15 is 0 Å². The maximum absolute atomic E-state index is 14.8. The van der Waals surface area contributed by atoms with Crippen LogP contribution in [0.2, 0.25) is 0 Å². The van der Waals surface area contributed by atoms with E-state index in [0.717, 1.165) is 23.5 Å². The van der Waals surface area contributed by atoms with Crippen LogP contribution in [0.25, 0.3) is 22.9 Å². The Morgan fingerprint density at radius 2 is 1.25 bits per heavy atom. The predicted octanol–water partition coefficient (Wildman–Crippen LogP) is 7.08. The molecule has 0 radical (unpaired) electrons. The average molecular weight is 917 g/mol. The third-order valence-electron chi connectivity index (χ3n) is 8.32. The highest BCUT2D eigenvalue weighted by molar-refractivity contribution is 7.13. The number of halogens is 7. The van der Waals surface area contributed by atoms with Gasteiger partial charge in [-0.1, -0.05) is 34.8 Å². The molecule has 1 N–H and O–H groups in total. The summed E-state index contributed by atoms with van der Waals surface area (Å²) in [4.78, 5) is 27.9. The number of nitrogens with zero attached hydrogens (tertiary/aromatic N) is 11. The van der Waals surface area contributed by atoms with E-state index in [2.05, 4.69) is 46.1 Å². The molecule has 2 saturated heterocycles. The van der Waals surface area contributed by atoms with Crippen molar-refractivity contribution in [1.29, 1.82) is 0 Å². The number of anilines is 2. The quantitative estimate of drug-likeness (QED) is 0.0829. The normalized spacial score (nSPS) is 14.0. The van der Waals surface area contributed by atoms with Gasteiger partial charge in [0.1, 0.15) is 22.7 Å². The molecule has 6 aromatic rings. The van der Waals surface area contributed by atoms with Gasteiger partial charge in [0.15, 0.2) is 0 Å². The Kier molecular flexibility index (Phi) is 15.8. The van der Waals surface area contributed by atoms with E-state index in [1.54, 1.807) is 15.3 Å². The Morgan fingerprint density at radius 3 is 1.69 bits per heavy atom. The minimum atomic E-state index is -2.91. The van der Waals surface area contributed by atoms with E-state index < -0.39 is 36.3 Å². The number of nitrogens with one attached hydrogen (secondary N) is 1. The summed E-state index contributed by atoms with van der Waals surface area (Å²) in [6.07, 6.45) is -5.77. The SMILES string of the molecule is Fc1cc(-c2nnc(C(F)F)o2)ccc1CNc1nncs1.O=C(Cl)N1CCOCC1.O=C(N1CCOCC1)N(Cc1ccc(-c2nnc(C(F)F)o2)cc1F)c1nncs1. The largest absolute Gasteiger partial charge is 0.415 e. The monoisotopic (exact) mass is 916 g/mol. The fraction of sp³-hybridized carbons (Fsp3) is 0.353. The summed E-state index contributed by atoms with van der Waals surface area (Å²) in [6.45, 7) is 4.27.